The summed E-state index contributed by atoms with van der Waals surface area (Å²) < 4.78 is 16.2. The average molecular weight is 412 g/mol. The molecule has 29 heavy (non-hydrogen) atoms. The van der Waals surface area contributed by atoms with E-state index in [-0.39, 0.29) is 5.91 Å². The van der Waals surface area contributed by atoms with E-state index >= 15 is 0 Å². The number of ether oxygens (including phenoxy) is 2. The molecule has 7 heteroatoms. The Morgan fingerprint density at radius 3 is 2.93 bits per heavy atom. The summed E-state index contributed by atoms with van der Waals surface area (Å²) in [5, 5.41) is 2.74. The van der Waals surface area contributed by atoms with Crippen LogP contribution in [0.5, 0.6) is 5.75 Å². The van der Waals surface area contributed by atoms with Crippen LogP contribution in [0.15, 0.2) is 52.2 Å². The lowest BCUT2D eigenvalue weighted by molar-refractivity contribution is 0.0967. The number of nitrogens with zero attached hydrogens (tertiary/aromatic N) is 1. The van der Waals surface area contributed by atoms with E-state index in [0.29, 0.717) is 30.6 Å². The molecular formula is C22H25N2O4P. The second-order valence-corrected chi connectivity index (χ2v) is 6.99. The number of benzene rings is 1. The first kappa shape index (κ1) is 21.0. The maximum atomic E-state index is 12.3. The summed E-state index contributed by atoms with van der Waals surface area (Å²) in [5.74, 6) is 1.19. The number of allylic oxidation sites excluding steroid dienone is 1. The lowest BCUT2D eigenvalue weighted by Gasteiger charge is -2.18. The number of carbonyl (C=O) groups excluding carboxylic acids is 1. The molecule has 1 aromatic heterocycles. The molecule has 0 spiro atoms. The predicted molar refractivity (Wildman–Crippen MR) is 118 cm³/mol. The topological polar surface area (TPSA) is 73.1 Å². The zero-order chi connectivity index (χ0) is 20.8. The first-order valence-electron chi connectivity index (χ1n) is 9.30. The molecule has 1 aromatic carbocycles. The number of hydrogen-bond donors (Lipinski definition) is 1. The molecule has 1 N–H and O–H groups in total. The van der Waals surface area contributed by atoms with Crippen molar-refractivity contribution in [1.82, 2.24) is 5.32 Å². The number of rotatable bonds is 7. The van der Waals surface area contributed by atoms with E-state index in [1.807, 2.05) is 19.1 Å². The van der Waals surface area contributed by atoms with E-state index in [1.54, 1.807) is 19.4 Å². The summed E-state index contributed by atoms with van der Waals surface area (Å²) in [6.07, 6.45) is 6.53. The smallest absolute Gasteiger partial charge is 0.258 e. The van der Waals surface area contributed by atoms with E-state index in [1.165, 1.54) is 11.8 Å². The lowest BCUT2D eigenvalue weighted by atomic mass is 9.97. The highest BCUT2D eigenvalue weighted by Gasteiger charge is 2.15. The number of nitrogens with one attached hydrogen (secondary N) is 1. The number of amides is 1. The Balaban J connectivity index is 1.81. The van der Waals surface area contributed by atoms with Crippen LogP contribution in [-0.2, 0) is 10.9 Å². The van der Waals surface area contributed by atoms with Gasteiger partial charge in [0.05, 0.1) is 43.5 Å². The van der Waals surface area contributed by atoms with Crippen LogP contribution < -0.4 is 10.1 Å². The number of aliphatic imine (C=N–C) groups is 1. The van der Waals surface area contributed by atoms with Crippen molar-refractivity contribution in [3.63, 3.8) is 0 Å². The molecule has 1 unspecified atom stereocenters. The molecule has 1 atom stereocenters. The van der Waals surface area contributed by atoms with E-state index in [9.17, 15) is 4.79 Å². The molecular weight excluding hydrogens is 387 g/mol. The van der Waals surface area contributed by atoms with Gasteiger partial charge >= 0.3 is 0 Å². The SMILES string of the molecule is C=C(/C=N\c1c(C2=CCOCC2)ccc(OC)c1C)NC(=O)c1coc(CP)c1. The van der Waals surface area contributed by atoms with Crippen molar-refractivity contribution in [3.05, 3.63) is 65.3 Å². The molecule has 3 rings (SSSR count). The molecule has 2 aromatic rings. The van der Waals surface area contributed by atoms with Gasteiger partial charge in [0, 0.05) is 17.3 Å². The molecule has 0 saturated heterocycles. The van der Waals surface area contributed by atoms with Gasteiger partial charge in [-0.25, -0.2) is 0 Å². The highest BCUT2D eigenvalue weighted by atomic mass is 31.0. The minimum absolute atomic E-state index is 0.287. The third kappa shape index (κ3) is 5.03. The van der Waals surface area contributed by atoms with Crippen LogP contribution in [0, 0.1) is 6.92 Å². The zero-order valence-electron chi connectivity index (χ0n) is 16.7. The molecule has 6 nitrogen and oxygen atoms in total. The van der Waals surface area contributed by atoms with Crippen LogP contribution in [-0.4, -0.2) is 32.4 Å². The van der Waals surface area contributed by atoms with Crippen LogP contribution in [0.3, 0.4) is 0 Å². The van der Waals surface area contributed by atoms with Crippen LogP contribution in [0.4, 0.5) is 5.69 Å². The normalized spacial score (nSPS) is 14.0. The molecule has 2 heterocycles. The number of carbonyl (C=O) groups is 1. The Morgan fingerprint density at radius 2 is 2.28 bits per heavy atom. The minimum Gasteiger partial charge on any atom is -0.496 e. The van der Waals surface area contributed by atoms with Crippen molar-refractivity contribution >= 4 is 32.6 Å². The van der Waals surface area contributed by atoms with Crippen LogP contribution in [0.25, 0.3) is 5.57 Å². The largest absolute Gasteiger partial charge is 0.496 e. The van der Waals surface area contributed by atoms with Gasteiger partial charge in [-0.15, -0.1) is 9.24 Å². The van der Waals surface area contributed by atoms with Gasteiger partial charge in [0.25, 0.3) is 5.91 Å². The van der Waals surface area contributed by atoms with Gasteiger partial charge in [-0.3, -0.25) is 9.79 Å². The Morgan fingerprint density at radius 1 is 1.45 bits per heavy atom. The molecule has 1 amide bonds. The fourth-order valence-electron chi connectivity index (χ4n) is 3.10. The standard InChI is InChI=1S/C22H25N2O4P/c1-14(24-22(25)17-10-18(13-29)28-12-17)11-23-21-15(2)20(26-3)5-4-19(21)16-6-8-27-9-7-16/h4-6,10-12H,1,7-9,13,29H2,2-3H3,(H,24,25)/b23-11-. The number of methoxy groups -OCH3 is 1. The molecule has 0 radical (unpaired) electrons. The Hall–Kier alpha value is -2.69. The Bertz CT molecular complexity index is 975. The second kappa shape index (κ2) is 9.68. The second-order valence-electron chi connectivity index (χ2n) is 6.59. The van der Waals surface area contributed by atoms with Gasteiger partial charge in [0.1, 0.15) is 17.8 Å². The molecule has 152 valence electrons. The summed E-state index contributed by atoms with van der Waals surface area (Å²) in [6.45, 7) is 7.14. The van der Waals surface area contributed by atoms with Crippen molar-refractivity contribution in [3.8, 4) is 5.75 Å². The highest BCUT2D eigenvalue weighted by molar-refractivity contribution is 7.15. The predicted octanol–water partition coefficient (Wildman–Crippen LogP) is 4.42. The fraction of sp³-hybridized carbons (Fsp3) is 0.273. The average Bonchev–Trinajstić information content (AvgIpc) is 3.23. The summed E-state index contributed by atoms with van der Waals surface area (Å²) >= 11 is 0. The lowest BCUT2D eigenvalue weighted by Crippen LogP contribution is -2.22. The van der Waals surface area contributed by atoms with Crippen molar-refractivity contribution in [2.24, 2.45) is 4.99 Å². The summed E-state index contributed by atoms with van der Waals surface area (Å²) in [7, 11) is 4.19. The molecule has 0 fully saturated rings. The van der Waals surface area contributed by atoms with Gasteiger partial charge < -0.3 is 19.2 Å². The highest BCUT2D eigenvalue weighted by Crippen LogP contribution is 2.37. The van der Waals surface area contributed by atoms with E-state index in [0.717, 1.165) is 34.7 Å². The van der Waals surface area contributed by atoms with Gasteiger partial charge in [-0.1, -0.05) is 12.7 Å². The fourth-order valence-corrected chi connectivity index (χ4v) is 3.31. The van der Waals surface area contributed by atoms with E-state index in [4.69, 9.17) is 13.9 Å². The molecule has 0 bridgehead atoms. The number of furan rings is 1. The quantitative estimate of drug-likeness (QED) is 0.540. The summed E-state index contributed by atoms with van der Waals surface area (Å²) in [4.78, 5) is 17.0. The third-order valence-electron chi connectivity index (χ3n) is 4.65. The van der Waals surface area contributed by atoms with Crippen molar-refractivity contribution in [1.29, 1.82) is 0 Å². The minimum atomic E-state index is -0.287. The molecule has 1 aliphatic rings. The third-order valence-corrected chi connectivity index (χ3v) is 5.05. The van der Waals surface area contributed by atoms with Gasteiger partial charge in [-0.2, -0.15) is 0 Å². The molecule has 1 aliphatic heterocycles. The van der Waals surface area contributed by atoms with Crippen molar-refractivity contribution in [2.45, 2.75) is 19.5 Å². The van der Waals surface area contributed by atoms with E-state index in [2.05, 4.69) is 32.2 Å². The van der Waals surface area contributed by atoms with Crippen molar-refractivity contribution < 1.29 is 18.7 Å². The van der Waals surface area contributed by atoms with E-state index < -0.39 is 0 Å². The monoisotopic (exact) mass is 412 g/mol. The molecule has 0 saturated carbocycles. The maximum Gasteiger partial charge on any atom is 0.258 e. The first-order chi connectivity index (χ1) is 14.0. The van der Waals surface area contributed by atoms with Gasteiger partial charge in [0.2, 0.25) is 0 Å². The van der Waals surface area contributed by atoms with Crippen molar-refractivity contribution in [2.75, 3.05) is 20.3 Å². The van der Waals surface area contributed by atoms with Crippen LogP contribution in [0.1, 0.15) is 33.7 Å². The van der Waals surface area contributed by atoms with Gasteiger partial charge in [0.15, 0.2) is 0 Å². The summed E-state index contributed by atoms with van der Waals surface area (Å²) in [5.41, 5.74) is 4.77. The maximum absolute atomic E-state index is 12.3. The first-order valence-corrected chi connectivity index (χ1v) is 10.1. The van der Waals surface area contributed by atoms with Gasteiger partial charge in [-0.05, 0) is 37.1 Å². The van der Waals surface area contributed by atoms with Crippen LogP contribution >= 0.6 is 9.24 Å². The number of hydrogen-bond acceptors (Lipinski definition) is 5. The Labute approximate surface area is 172 Å². The molecule has 0 aliphatic carbocycles. The zero-order valence-corrected chi connectivity index (χ0v) is 17.8. The van der Waals surface area contributed by atoms with Crippen LogP contribution in [0.2, 0.25) is 0 Å². The Kier molecular flexibility index (Phi) is 7.02. The summed E-state index contributed by atoms with van der Waals surface area (Å²) in [6, 6.07) is 5.65.